The van der Waals surface area contributed by atoms with E-state index in [9.17, 15) is 14.4 Å². The van der Waals surface area contributed by atoms with E-state index in [0.717, 1.165) is 12.0 Å². The highest BCUT2D eigenvalue weighted by Crippen LogP contribution is 2.66. The third-order valence-corrected chi connectivity index (χ3v) is 8.64. The number of carbonyl (C=O) groups is 3. The molecular formula is C28H22ClN3O3. The van der Waals surface area contributed by atoms with Crippen LogP contribution in [0.5, 0.6) is 0 Å². The number of hydrogen-bond donors (Lipinski definition) is 2. The van der Waals surface area contributed by atoms with Crippen LogP contribution in [0.3, 0.4) is 0 Å². The largest absolute Gasteiger partial charge is 0.325 e. The molecule has 174 valence electrons. The minimum absolute atomic E-state index is 0.213. The molecule has 0 aliphatic carbocycles. The van der Waals surface area contributed by atoms with Crippen LogP contribution in [0.4, 0.5) is 11.4 Å². The number of anilines is 2. The molecule has 4 atom stereocenters. The Balaban J connectivity index is 1.60. The Morgan fingerprint density at radius 3 is 2.43 bits per heavy atom. The van der Waals surface area contributed by atoms with Gasteiger partial charge in [-0.25, -0.2) is 0 Å². The van der Waals surface area contributed by atoms with E-state index >= 15 is 0 Å². The van der Waals surface area contributed by atoms with Crippen molar-refractivity contribution in [2.45, 2.75) is 29.8 Å². The van der Waals surface area contributed by atoms with Crippen molar-refractivity contribution in [3.63, 3.8) is 0 Å². The molecular weight excluding hydrogens is 462 g/mol. The van der Waals surface area contributed by atoms with Gasteiger partial charge in [0.1, 0.15) is 11.0 Å². The number of Topliss-reactive ketones (excluding diaryl/α,β-unsaturated/α-hetero) is 1. The predicted octanol–water partition coefficient (Wildman–Crippen LogP) is 4.35. The van der Waals surface area contributed by atoms with Gasteiger partial charge in [-0.05, 0) is 49.2 Å². The number of nitrogens with zero attached hydrogens (tertiary/aromatic N) is 1. The Hall–Kier alpha value is -3.48. The summed E-state index contributed by atoms with van der Waals surface area (Å²) in [5, 5.41) is 6.57. The normalized spacial score (nSPS) is 30.3. The maximum Gasteiger partial charge on any atom is 0.250 e. The molecule has 2 amide bonds. The fourth-order valence-corrected chi connectivity index (χ4v) is 7.46. The fourth-order valence-electron chi connectivity index (χ4n) is 7.29. The Kier molecular flexibility index (Phi) is 4.19. The molecule has 6 nitrogen and oxygen atoms in total. The summed E-state index contributed by atoms with van der Waals surface area (Å²) in [4.78, 5) is 45.0. The smallest absolute Gasteiger partial charge is 0.250 e. The summed E-state index contributed by atoms with van der Waals surface area (Å²) in [6.07, 6.45) is 1.55. The quantitative estimate of drug-likeness (QED) is 0.531. The van der Waals surface area contributed by atoms with Crippen LogP contribution in [0.1, 0.15) is 34.3 Å². The minimum Gasteiger partial charge on any atom is -0.325 e. The molecule has 35 heavy (non-hydrogen) atoms. The van der Waals surface area contributed by atoms with Gasteiger partial charge >= 0.3 is 0 Å². The van der Waals surface area contributed by atoms with E-state index in [1.165, 1.54) is 0 Å². The number of amides is 2. The first kappa shape index (κ1) is 20.9. The lowest BCUT2D eigenvalue weighted by atomic mass is 9.60. The molecule has 0 radical (unpaired) electrons. The van der Waals surface area contributed by atoms with Crippen molar-refractivity contribution in [2.75, 3.05) is 17.2 Å². The van der Waals surface area contributed by atoms with E-state index in [0.29, 0.717) is 40.5 Å². The number of nitrogens with one attached hydrogen (secondary N) is 2. The maximum atomic E-state index is 14.6. The third kappa shape index (κ3) is 2.36. The monoisotopic (exact) mass is 483 g/mol. The van der Waals surface area contributed by atoms with Gasteiger partial charge in [0.05, 0.1) is 5.92 Å². The average molecular weight is 484 g/mol. The van der Waals surface area contributed by atoms with Crippen LogP contribution < -0.4 is 10.6 Å². The Morgan fingerprint density at radius 1 is 0.886 bits per heavy atom. The first-order valence-electron chi connectivity index (χ1n) is 11.9. The standard InChI is InChI=1S/C28H22ClN3O3/c29-17-12-13-21-19(15-17)28(26(35)31-21)24(23(33)16-7-2-1-3-8-16)27(22-11-6-14-32(22)28)18-9-4-5-10-20(18)30-25(27)34/h1-5,7-10,12-13,15,22,24H,6,11,14H2,(H,30,34)(H,31,35). The SMILES string of the molecule is O=C(c1ccccc1)C1C2(C(=O)Nc3ccccc32)C2CCCN2C12C(=O)Nc1ccc(Cl)cc12. The highest BCUT2D eigenvalue weighted by Gasteiger charge is 2.78. The van der Waals surface area contributed by atoms with Crippen molar-refractivity contribution in [3.8, 4) is 0 Å². The van der Waals surface area contributed by atoms with Crippen LogP contribution >= 0.6 is 11.6 Å². The molecule has 2 saturated heterocycles. The average Bonchev–Trinajstić information content (AvgIpc) is 3.59. The zero-order valence-corrected chi connectivity index (χ0v) is 19.5. The lowest BCUT2D eigenvalue weighted by molar-refractivity contribution is -0.128. The Bertz CT molecular complexity index is 1440. The van der Waals surface area contributed by atoms with Gasteiger partial charge in [0.2, 0.25) is 11.8 Å². The van der Waals surface area contributed by atoms with E-state index in [2.05, 4.69) is 15.5 Å². The van der Waals surface area contributed by atoms with Gasteiger partial charge in [-0.15, -0.1) is 0 Å². The van der Waals surface area contributed by atoms with Crippen LogP contribution in [0.15, 0.2) is 72.8 Å². The molecule has 7 heteroatoms. The van der Waals surface area contributed by atoms with Crippen molar-refractivity contribution in [1.29, 1.82) is 0 Å². The van der Waals surface area contributed by atoms with Crippen LogP contribution in [-0.2, 0) is 20.5 Å². The number of ketones is 1. The Labute approximate surface area is 207 Å². The van der Waals surface area contributed by atoms with Gasteiger partial charge in [-0.3, -0.25) is 19.3 Å². The topological polar surface area (TPSA) is 78.5 Å². The van der Waals surface area contributed by atoms with Gasteiger partial charge in [-0.2, -0.15) is 0 Å². The van der Waals surface area contributed by atoms with E-state index < -0.39 is 16.9 Å². The minimum atomic E-state index is -1.34. The number of para-hydroxylation sites is 1. The fraction of sp³-hybridized carbons (Fsp3) is 0.250. The Morgan fingerprint density at radius 2 is 1.60 bits per heavy atom. The molecule has 0 aromatic heterocycles. The van der Waals surface area contributed by atoms with Gasteiger partial charge < -0.3 is 10.6 Å². The van der Waals surface area contributed by atoms with E-state index in [1.807, 2.05) is 42.5 Å². The molecule has 3 aromatic rings. The number of benzene rings is 3. The van der Waals surface area contributed by atoms with Gasteiger partial charge in [0.15, 0.2) is 5.78 Å². The molecule has 2 fully saturated rings. The number of hydrogen-bond acceptors (Lipinski definition) is 4. The van der Waals surface area contributed by atoms with Crippen molar-refractivity contribution < 1.29 is 14.4 Å². The molecule has 2 N–H and O–H groups in total. The number of carbonyl (C=O) groups excluding carboxylic acids is 3. The van der Waals surface area contributed by atoms with Crippen molar-refractivity contribution >= 4 is 40.6 Å². The van der Waals surface area contributed by atoms with Gasteiger partial charge in [0, 0.05) is 33.6 Å². The number of fused-ring (bicyclic) bond motifs is 7. The molecule has 0 bridgehead atoms. The van der Waals surface area contributed by atoms with Gasteiger partial charge in [-0.1, -0.05) is 60.1 Å². The summed E-state index contributed by atoms with van der Waals surface area (Å²) >= 11 is 6.46. The first-order chi connectivity index (χ1) is 17.0. The molecule has 2 spiro atoms. The number of halogens is 1. The zero-order valence-electron chi connectivity index (χ0n) is 18.8. The first-order valence-corrected chi connectivity index (χ1v) is 12.3. The third-order valence-electron chi connectivity index (χ3n) is 8.41. The van der Waals surface area contributed by atoms with Crippen LogP contribution in [0.2, 0.25) is 5.02 Å². The maximum absolute atomic E-state index is 14.6. The van der Waals surface area contributed by atoms with Crippen LogP contribution in [0.25, 0.3) is 0 Å². The zero-order chi connectivity index (χ0) is 23.9. The van der Waals surface area contributed by atoms with Crippen molar-refractivity contribution in [2.24, 2.45) is 5.92 Å². The number of rotatable bonds is 2. The second-order valence-electron chi connectivity index (χ2n) is 9.79. The summed E-state index contributed by atoms with van der Waals surface area (Å²) in [5.74, 6) is -1.67. The predicted molar refractivity (Wildman–Crippen MR) is 132 cm³/mol. The van der Waals surface area contributed by atoms with Gasteiger partial charge in [0.25, 0.3) is 0 Å². The summed E-state index contributed by atoms with van der Waals surface area (Å²) in [6.45, 7) is 0.611. The molecule has 4 aliphatic rings. The molecule has 4 heterocycles. The van der Waals surface area contributed by atoms with Crippen molar-refractivity contribution in [3.05, 3.63) is 94.5 Å². The van der Waals surface area contributed by atoms with Crippen molar-refractivity contribution in [1.82, 2.24) is 4.90 Å². The second kappa shape index (κ2) is 7.03. The highest BCUT2D eigenvalue weighted by molar-refractivity contribution is 6.31. The van der Waals surface area contributed by atoms with Crippen LogP contribution in [0, 0.1) is 5.92 Å². The summed E-state index contributed by atoms with van der Waals surface area (Å²) in [7, 11) is 0. The lowest BCUT2D eigenvalue weighted by Crippen LogP contribution is -2.55. The summed E-state index contributed by atoms with van der Waals surface area (Å²) < 4.78 is 0. The van der Waals surface area contributed by atoms with Crippen LogP contribution in [-0.4, -0.2) is 35.1 Å². The molecule has 4 aliphatic heterocycles. The molecule has 3 aromatic carbocycles. The van der Waals surface area contributed by atoms with E-state index in [1.54, 1.807) is 30.3 Å². The summed E-state index contributed by atoms with van der Waals surface area (Å²) in [6, 6.07) is 21.6. The molecule has 7 rings (SSSR count). The molecule has 0 saturated carbocycles. The second-order valence-corrected chi connectivity index (χ2v) is 10.2. The van der Waals surface area contributed by atoms with E-state index in [-0.39, 0.29) is 23.6 Å². The highest BCUT2D eigenvalue weighted by atomic mass is 35.5. The lowest BCUT2D eigenvalue weighted by Gasteiger charge is -2.38. The summed E-state index contributed by atoms with van der Waals surface area (Å²) in [5.41, 5.74) is 0.737. The van der Waals surface area contributed by atoms with E-state index in [4.69, 9.17) is 11.6 Å². The molecule has 4 unspecified atom stereocenters.